The lowest BCUT2D eigenvalue weighted by atomic mass is 9.74. The quantitative estimate of drug-likeness (QED) is 0.773. The van der Waals surface area contributed by atoms with Gasteiger partial charge in [-0.3, -0.25) is 4.79 Å². The number of pyridine rings is 1. The summed E-state index contributed by atoms with van der Waals surface area (Å²) in [5.74, 6) is 1.80. The number of aromatic nitrogens is 1. The number of aryl methyl sites for hydroxylation is 1. The van der Waals surface area contributed by atoms with E-state index in [0.29, 0.717) is 17.5 Å². The van der Waals surface area contributed by atoms with Gasteiger partial charge in [-0.15, -0.1) is 0 Å². The topological polar surface area (TPSA) is 54.0 Å². The standard InChI is InChI=1S/C25H30FN3O/c1-16-4-2-7-23(28-16)24(30)29-22-10-18-8-19-13-25(12-18,14-20(19)11-22)27-15-17-5-3-6-21(26)9-17/h2-7,9,18-20,22,27H,8,10-15H2,1H3,(H,29,30). The van der Waals surface area contributed by atoms with Crippen LogP contribution in [0.25, 0.3) is 0 Å². The molecule has 30 heavy (non-hydrogen) atoms. The van der Waals surface area contributed by atoms with Gasteiger partial charge < -0.3 is 10.6 Å². The van der Waals surface area contributed by atoms with Crippen molar-refractivity contribution < 1.29 is 9.18 Å². The van der Waals surface area contributed by atoms with Gasteiger partial charge >= 0.3 is 0 Å². The third-order valence-electron chi connectivity index (χ3n) is 7.51. The molecule has 3 aliphatic rings. The monoisotopic (exact) mass is 407 g/mol. The third-order valence-corrected chi connectivity index (χ3v) is 7.51. The lowest BCUT2D eigenvalue weighted by Gasteiger charge is -2.40. The summed E-state index contributed by atoms with van der Waals surface area (Å²) in [4.78, 5) is 17.1. The van der Waals surface area contributed by atoms with Crippen molar-refractivity contribution in [3.05, 3.63) is 65.2 Å². The van der Waals surface area contributed by atoms with Crippen LogP contribution in [0.15, 0.2) is 42.5 Å². The summed E-state index contributed by atoms with van der Waals surface area (Å²) < 4.78 is 13.5. The molecule has 3 bridgehead atoms. The van der Waals surface area contributed by atoms with Crippen LogP contribution in [0, 0.1) is 30.5 Å². The smallest absolute Gasteiger partial charge is 0.270 e. The molecule has 5 unspecified atom stereocenters. The molecule has 4 nitrogen and oxygen atoms in total. The van der Waals surface area contributed by atoms with Gasteiger partial charge in [0.25, 0.3) is 5.91 Å². The lowest BCUT2D eigenvalue weighted by Crippen LogP contribution is -2.48. The molecule has 3 saturated carbocycles. The zero-order chi connectivity index (χ0) is 20.7. The number of carbonyl (C=O) groups excluding carboxylic acids is 1. The molecule has 2 N–H and O–H groups in total. The number of fused-ring (bicyclic) bond motifs is 2. The molecule has 0 aliphatic heterocycles. The summed E-state index contributed by atoms with van der Waals surface area (Å²) in [6.07, 6.45) is 6.92. The van der Waals surface area contributed by atoms with Crippen LogP contribution in [0.1, 0.15) is 60.3 Å². The highest BCUT2D eigenvalue weighted by molar-refractivity contribution is 5.92. The van der Waals surface area contributed by atoms with Crippen molar-refractivity contribution in [3.8, 4) is 0 Å². The van der Waals surface area contributed by atoms with Crippen molar-refractivity contribution in [1.82, 2.24) is 15.6 Å². The Labute approximate surface area is 177 Å². The van der Waals surface area contributed by atoms with Gasteiger partial charge in [-0.1, -0.05) is 18.2 Å². The van der Waals surface area contributed by atoms with E-state index in [2.05, 4.69) is 15.6 Å². The minimum atomic E-state index is -0.168. The second-order valence-corrected chi connectivity index (χ2v) is 9.80. The molecular formula is C25H30FN3O. The summed E-state index contributed by atoms with van der Waals surface area (Å²) in [7, 11) is 0. The first kappa shape index (κ1) is 19.7. The predicted molar refractivity (Wildman–Crippen MR) is 114 cm³/mol. The molecule has 1 amide bonds. The van der Waals surface area contributed by atoms with E-state index in [-0.39, 0.29) is 23.3 Å². The molecule has 3 fully saturated rings. The maximum Gasteiger partial charge on any atom is 0.270 e. The van der Waals surface area contributed by atoms with E-state index >= 15 is 0 Å². The van der Waals surface area contributed by atoms with Gasteiger partial charge in [0.05, 0.1) is 0 Å². The molecule has 5 atom stereocenters. The van der Waals surface area contributed by atoms with E-state index in [1.165, 1.54) is 25.3 Å². The maximum atomic E-state index is 13.5. The second kappa shape index (κ2) is 7.77. The number of halogens is 1. The van der Waals surface area contributed by atoms with Gasteiger partial charge in [0.2, 0.25) is 0 Å². The number of carbonyl (C=O) groups is 1. The molecule has 0 spiro atoms. The van der Waals surface area contributed by atoms with Crippen molar-refractivity contribution in [1.29, 1.82) is 0 Å². The number of hydrogen-bond acceptors (Lipinski definition) is 3. The number of benzene rings is 1. The molecule has 0 saturated heterocycles. The Morgan fingerprint density at radius 3 is 2.70 bits per heavy atom. The normalized spacial score (nSPS) is 32.1. The summed E-state index contributed by atoms with van der Waals surface area (Å²) in [6, 6.07) is 12.7. The molecule has 0 radical (unpaired) electrons. The predicted octanol–water partition coefficient (Wildman–Crippen LogP) is 4.39. The highest BCUT2D eigenvalue weighted by atomic mass is 19.1. The molecule has 158 valence electrons. The van der Waals surface area contributed by atoms with E-state index in [1.807, 2.05) is 25.1 Å². The molecule has 3 aliphatic carbocycles. The minimum Gasteiger partial charge on any atom is -0.348 e. The van der Waals surface area contributed by atoms with Crippen LogP contribution in [-0.2, 0) is 6.54 Å². The van der Waals surface area contributed by atoms with E-state index in [4.69, 9.17) is 0 Å². The van der Waals surface area contributed by atoms with Gasteiger partial charge in [-0.2, -0.15) is 0 Å². The Hall–Kier alpha value is -2.27. The number of nitrogens with zero attached hydrogens (tertiary/aromatic N) is 1. The van der Waals surface area contributed by atoms with Gasteiger partial charge in [0, 0.05) is 23.8 Å². The van der Waals surface area contributed by atoms with Crippen LogP contribution in [0.2, 0.25) is 0 Å². The number of rotatable bonds is 5. The molecule has 5 heteroatoms. The zero-order valence-electron chi connectivity index (χ0n) is 17.5. The van der Waals surface area contributed by atoms with Crippen LogP contribution >= 0.6 is 0 Å². The first-order valence-corrected chi connectivity index (χ1v) is 11.2. The van der Waals surface area contributed by atoms with E-state index in [9.17, 15) is 9.18 Å². The summed E-state index contributed by atoms with van der Waals surface area (Å²) >= 11 is 0. The van der Waals surface area contributed by atoms with Crippen LogP contribution in [-0.4, -0.2) is 22.5 Å². The second-order valence-electron chi connectivity index (χ2n) is 9.80. The highest BCUT2D eigenvalue weighted by Crippen LogP contribution is 2.55. The van der Waals surface area contributed by atoms with Gasteiger partial charge in [-0.05, 0) is 93.0 Å². The molecular weight excluding hydrogens is 377 g/mol. The number of amides is 1. The Morgan fingerprint density at radius 1 is 1.10 bits per heavy atom. The summed E-state index contributed by atoms with van der Waals surface area (Å²) in [6.45, 7) is 2.64. The molecule has 2 aromatic rings. The maximum absolute atomic E-state index is 13.5. The van der Waals surface area contributed by atoms with Crippen LogP contribution in [0.4, 0.5) is 4.39 Å². The Balaban J connectivity index is 1.24. The fraction of sp³-hybridized carbons (Fsp3) is 0.520. The average Bonchev–Trinajstić information content (AvgIpc) is 2.89. The van der Waals surface area contributed by atoms with Gasteiger partial charge in [0.1, 0.15) is 11.5 Å². The van der Waals surface area contributed by atoms with Crippen molar-refractivity contribution in [2.45, 2.75) is 63.6 Å². The van der Waals surface area contributed by atoms with Gasteiger partial charge in [0.15, 0.2) is 0 Å². The van der Waals surface area contributed by atoms with Crippen molar-refractivity contribution >= 4 is 5.91 Å². The SMILES string of the molecule is Cc1cccc(C(=O)NC2CC3CC4CC(NCc5cccc(F)c5)(C3)CC4C2)n1. The van der Waals surface area contributed by atoms with E-state index in [0.717, 1.165) is 43.0 Å². The fourth-order valence-electron chi connectivity index (χ4n) is 6.45. The summed E-state index contributed by atoms with van der Waals surface area (Å²) in [5, 5.41) is 7.11. The zero-order valence-corrected chi connectivity index (χ0v) is 17.5. The number of hydrogen-bond donors (Lipinski definition) is 2. The lowest BCUT2D eigenvalue weighted by molar-refractivity contribution is 0.0914. The first-order valence-electron chi connectivity index (χ1n) is 11.2. The highest BCUT2D eigenvalue weighted by Gasteiger charge is 2.52. The van der Waals surface area contributed by atoms with Gasteiger partial charge in [-0.25, -0.2) is 9.37 Å². The van der Waals surface area contributed by atoms with Crippen molar-refractivity contribution in [2.24, 2.45) is 17.8 Å². The Morgan fingerprint density at radius 2 is 1.90 bits per heavy atom. The fourth-order valence-corrected chi connectivity index (χ4v) is 6.45. The molecule has 1 heterocycles. The van der Waals surface area contributed by atoms with Crippen LogP contribution < -0.4 is 10.6 Å². The minimum absolute atomic E-state index is 0.0463. The third kappa shape index (κ3) is 4.00. The Kier molecular flexibility index (Phi) is 5.10. The largest absolute Gasteiger partial charge is 0.348 e. The van der Waals surface area contributed by atoms with Crippen LogP contribution in [0.3, 0.4) is 0 Å². The van der Waals surface area contributed by atoms with Crippen molar-refractivity contribution in [2.75, 3.05) is 0 Å². The average molecular weight is 408 g/mol. The van der Waals surface area contributed by atoms with Crippen LogP contribution in [0.5, 0.6) is 0 Å². The Bertz CT molecular complexity index is 943. The number of nitrogens with one attached hydrogen (secondary N) is 2. The summed E-state index contributed by atoms with van der Waals surface area (Å²) in [5.41, 5.74) is 2.58. The van der Waals surface area contributed by atoms with E-state index < -0.39 is 0 Å². The first-order chi connectivity index (χ1) is 14.5. The van der Waals surface area contributed by atoms with Crippen molar-refractivity contribution in [3.63, 3.8) is 0 Å². The molecule has 5 rings (SSSR count). The molecule has 1 aromatic carbocycles. The van der Waals surface area contributed by atoms with E-state index in [1.54, 1.807) is 18.2 Å². The molecule has 1 aromatic heterocycles.